The number of hydrogen-bond acceptors (Lipinski definition) is 6. The number of pyridine rings is 1. The molecule has 0 aliphatic rings. The van der Waals surface area contributed by atoms with Crippen LogP contribution in [0.2, 0.25) is 0 Å². The number of benzene rings is 2. The Balaban J connectivity index is 1.66. The van der Waals surface area contributed by atoms with Gasteiger partial charge in [-0.05, 0) is 67.1 Å². The van der Waals surface area contributed by atoms with Crippen molar-refractivity contribution >= 4 is 23.4 Å². The topological polar surface area (TPSA) is 81.9 Å². The van der Waals surface area contributed by atoms with Gasteiger partial charge in [0.15, 0.2) is 11.0 Å². The van der Waals surface area contributed by atoms with Crippen molar-refractivity contribution in [3.63, 3.8) is 0 Å². The Kier molecular flexibility index (Phi) is 6.99. The van der Waals surface area contributed by atoms with Crippen molar-refractivity contribution in [3.05, 3.63) is 78.9 Å². The highest BCUT2D eigenvalue weighted by Crippen LogP contribution is 2.32. The fraction of sp³-hybridized carbons (Fsp3) is 0.167. The number of nitrogens with zero attached hydrogens (tertiary/aromatic N) is 4. The monoisotopic (exact) mass is 463 g/mol. The van der Waals surface area contributed by atoms with E-state index in [-0.39, 0.29) is 11.7 Å². The average Bonchev–Trinajstić information content (AvgIpc) is 3.28. The van der Waals surface area contributed by atoms with Gasteiger partial charge in [-0.1, -0.05) is 18.7 Å². The van der Waals surface area contributed by atoms with Crippen molar-refractivity contribution in [2.24, 2.45) is 0 Å². The lowest BCUT2D eigenvalue weighted by Crippen LogP contribution is -2.25. The SMILES string of the molecule is CCC(Sc1nnc(-c2ccncc2)n1-c1ccc(OC)cc1)C(=O)Nc1ccc(F)cc1. The first-order valence-electron chi connectivity index (χ1n) is 10.3. The molecule has 0 aliphatic carbocycles. The molecule has 0 saturated carbocycles. The Morgan fingerprint density at radius 3 is 2.39 bits per heavy atom. The summed E-state index contributed by atoms with van der Waals surface area (Å²) in [6.07, 6.45) is 3.96. The van der Waals surface area contributed by atoms with Gasteiger partial charge >= 0.3 is 0 Å². The third kappa shape index (κ3) is 5.20. The summed E-state index contributed by atoms with van der Waals surface area (Å²) in [6, 6.07) is 17.0. The van der Waals surface area contributed by atoms with Gasteiger partial charge in [0.05, 0.1) is 12.4 Å². The molecule has 168 valence electrons. The maximum Gasteiger partial charge on any atom is 0.237 e. The molecule has 4 rings (SSSR count). The van der Waals surface area contributed by atoms with Crippen molar-refractivity contribution in [2.45, 2.75) is 23.8 Å². The zero-order valence-electron chi connectivity index (χ0n) is 18.1. The van der Waals surface area contributed by atoms with Crippen molar-refractivity contribution in [3.8, 4) is 22.8 Å². The predicted molar refractivity (Wildman–Crippen MR) is 126 cm³/mol. The third-order valence-corrected chi connectivity index (χ3v) is 6.23. The molecular weight excluding hydrogens is 441 g/mol. The summed E-state index contributed by atoms with van der Waals surface area (Å²) in [7, 11) is 1.61. The van der Waals surface area contributed by atoms with Crippen LogP contribution >= 0.6 is 11.8 Å². The zero-order valence-corrected chi connectivity index (χ0v) is 18.9. The van der Waals surface area contributed by atoms with E-state index >= 15 is 0 Å². The maximum atomic E-state index is 13.2. The van der Waals surface area contributed by atoms with E-state index in [4.69, 9.17) is 4.74 Å². The van der Waals surface area contributed by atoms with Crippen LogP contribution in [0.1, 0.15) is 13.3 Å². The van der Waals surface area contributed by atoms with E-state index in [1.165, 1.54) is 36.0 Å². The minimum absolute atomic E-state index is 0.191. The maximum absolute atomic E-state index is 13.2. The molecule has 33 heavy (non-hydrogen) atoms. The molecular formula is C24H22FN5O2S. The van der Waals surface area contributed by atoms with Crippen molar-refractivity contribution in [2.75, 3.05) is 12.4 Å². The molecule has 0 aliphatic heterocycles. The molecule has 2 aromatic heterocycles. The van der Waals surface area contributed by atoms with Crippen LogP contribution in [-0.2, 0) is 4.79 Å². The van der Waals surface area contributed by atoms with E-state index in [9.17, 15) is 9.18 Å². The number of ether oxygens (including phenoxy) is 1. The first kappa shape index (κ1) is 22.5. The van der Waals surface area contributed by atoms with Gasteiger partial charge in [0.1, 0.15) is 11.6 Å². The molecule has 1 atom stereocenters. The van der Waals surface area contributed by atoms with E-state index in [1.54, 1.807) is 19.5 Å². The number of nitrogens with one attached hydrogen (secondary N) is 1. The summed E-state index contributed by atoms with van der Waals surface area (Å²) in [4.78, 5) is 17.0. The van der Waals surface area contributed by atoms with Crippen molar-refractivity contribution in [1.29, 1.82) is 0 Å². The lowest BCUT2D eigenvalue weighted by molar-refractivity contribution is -0.115. The molecule has 0 fully saturated rings. The number of anilines is 1. The lowest BCUT2D eigenvalue weighted by atomic mass is 10.2. The molecule has 4 aromatic rings. The highest BCUT2D eigenvalue weighted by atomic mass is 32.2. The van der Waals surface area contributed by atoms with Crippen LogP contribution in [0, 0.1) is 5.82 Å². The normalized spacial score (nSPS) is 11.7. The predicted octanol–water partition coefficient (Wildman–Crippen LogP) is 4.99. The van der Waals surface area contributed by atoms with Gasteiger partial charge in [-0.2, -0.15) is 0 Å². The van der Waals surface area contributed by atoms with E-state index in [1.807, 2.05) is 47.9 Å². The number of amides is 1. The molecule has 0 bridgehead atoms. The van der Waals surface area contributed by atoms with E-state index in [0.717, 1.165) is 17.0 Å². The summed E-state index contributed by atoms with van der Waals surface area (Å²) < 4.78 is 20.4. The summed E-state index contributed by atoms with van der Waals surface area (Å²) in [5.41, 5.74) is 2.22. The van der Waals surface area contributed by atoms with Crippen molar-refractivity contribution in [1.82, 2.24) is 19.7 Å². The Labute approximate surface area is 195 Å². The van der Waals surface area contributed by atoms with E-state index < -0.39 is 5.25 Å². The van der Waals surface area contributed by atoms with Crippen LogP contribution < -0.4 is 10.1 Å². The smallest absolute Gasteiger partial charge is 0.237 e. The molecule has 1 amide bonds. The Morgan fingerprint density at radius 2 is 1.76 bits per heavy atom. The number of thioether (sulfide) groups is 1. The summed E-state index contributed by atoms with van der Waals surface area (Å²) in [6.45, 7) is 1.93. The first-order chi connectivity index (χ1) is 16.1. The van der Waals surface area contributed by atoms with Gasteiger partial charge in [-0.3, -0.25) is 14.3 Å². The fourth-order valence-corrected chi connectivity index (χ4v) is 4.18. The molecule has 9 heteroatoms. The lowest BCUT2D eigenvalue weighted by Gasteiger charge is -2.16. The number of halogens is 1. The molecule has 0 saturated heterocycles. The van der Waals surface area contributed by atoms with Crippen LogP contribution in [0.4, 0.5) is 10.1 Å². The van der Waals surface area contributed by atoms with Gasteiger partial charge in [-0.25, -0.2) is 4.39 Å². The standard InChI is InChI=1S/C24H22FN5O2S/c1-3-21(23(31)27-18-6-4-17(25)5-7-18)33-24-29-28-22(16-12-14-26-15-13-16)30(24)19-8-10-20(32-2)11-9-19/h4-15,21H,3H2,1-2H3,(H,27,31). The quantitative estimate of drug-likeness (QED) is 0.371. The van der Waals surface area contributed by atoms with E-state index in [0.29, 0.717) is 23.1 Å². The second-order valence-corrected chi connectivity index (χ2v) is 8.26. The Morgan fingerprint density at radius 1 is 1.06 bits per heavy atom. The van der Waals surface area contributed by atoms with E-state index in [2.05, 4.69) is 20.5 Å². The fourth-order valence-electron chi connectivity index (χ4n) is 3.20. The number of carbonyl (C=O) groups is 1. The van der Waals surface area contributed by atoms with Gasteiger partial charge in [0, 0.05) is 29.3 Å². The minimum Gasteiger partial charge on any atom is -0.497 e. The molecule has 1 unspecified atom stereocenters. The molecule has 1 N–H and O–H groups in total. The van der Waals surface area contributed by atoms with Crippen molar-refractivity contribution < 1.29 is 13.9 Å². The van der Waals surface area contributed by atoms with Gasteiger partial charge in [0.25, 0.3) is 0 Å². The number of carbonyl (C=O) groups excluding carboxylic acids is 1. The zero-order chi connectivity index (χ0) is 23.2. The van der Waals surface area contributed by atoms with Gasteiger partial charge in [-0.15, -0.1) is 10.2 Å². The molecule has 2 heterocycles. The number of rotatable bonds is 8. The van der Waals surface area contributed by atoms with Crippen LogP contribution in [0.25, 0.3) is 17.1 Å². The number of hydrogen-bond donors (Lipinski definition) is 1. The van der Waals surface area contributed by atoms with Crippen LogP contribution in [0.15, 0.2) is 78.2 Å². The first-order valence-corrected chi connectivity index (χ1v) is 11.2. The number of aromatic nitrogens is 4. The highest BCUT2D eigenvalue weighted by molar-refractivity contribution is 8.00. The molecule has 7 nitrogen and oxygen atoms in total. The largest absolute Gasteiger partial charge is 0.497 e. The van der Waals surface area contributed by atoms with Crippen LogP contribution in [0.3, 0.4) is 0 Å². The molecule has 0 radical (unpaired) electrons. The Hall–Kier alpha value is -3.72. The summed E-state index contributed by atoms with van der Waals surface area (Å²) in [5.74, 6) is 0.824. The molecule has 2 aromatic carbocycles. The third-order valence-electron chi connectivity index (χ3n) is 4.93. The van der Waals surface area contributed by atoms with Gasteiger partial charge < -0.3 is 10.1 Å². The van der Waals surface area contributed by atoms with Crippen LogP contribution in [-0.4, -0.2) is 38.0 Å². The highest BCUT2D eigenvalue weighted by Gasteiger charge is 2.24. The minimum atomic E-state index is -0.429. The summed E-state index contributed by atoms with van der Waals surface area (Å²) in [5, 5.41) is 11.8. The van der Waals surface area contributed by atoms with Gasteiger partial charge in [0.2, 0.25) is 5.91 Å². The van der Waals surface area contributed by atoms with Crippen LogP contribution in [0.5, 0.6) is 5.75 Å². The summed E-state index contributed by atoms with van der Waals surface area (Å²) >= 11 is 1.32. The second-order valence-electron chi connectivity index (χ2n) is 7.09. The second kappa shape index (κ2) is 10.3. The Bertz CT molecular complexity index is 1210. The molecule has 0 spiro atoms. The number of methoxy groups -OCH3 is 1. The average molecular weight is 464 g/mol.